The number of hydrogen-bond donors (Lipinski definition) is 1. The monoisotopic (exact) mass is 303 g/mol. The van der Waals surface area contributed by atoms with Crippen LogP contribution in [0.25, 0.3) is 16.7 Å². The Kier molecular flexibility index (Phi) is 3.35. The maximum Gasteiger partial charge on any atom is 0.205 e. The van der Waals surface area contributed by atoms with Gasteiger partial charge in [0, 0.05) is 23.2 Å². The number of nitrogens with two attached hydrogens (primary N) is 1. The van der Waals surface area contributed by atoms with Gasteiger partial charge in [-0.25, -0.2) is 4.98 Å². The lowest BCUT2D eigenvalue weighted by atomic mass is 10.2. The zero-order valence-corrected chi connectivity index (χ0v) is 12.4. The lowest BCUT2D eigenvalue weighted by Gasteiger charge is -2.11. The molecule has 0 bridgehead atoms. The van der Waals surface area contributed by atoms with Gasteiger partial charge in [-0.2, -0.15) is 0 Å². The molecule has 108 valence electrons. The molecule has 21 heavy (non-hydrogen) atoms. The summed E-state index contributed by atoms with van der Waals surface area (Å²) in [6.07, 6.45) is 0. The third-order valence-electron chi connectivity index (χ3n) is 3.24. The molecule has 0 aliphatic carbocycles. The molecule has 1 aromatic heterocycles. The number of rotatable bonds is 3. The molecule has 0 atom stereocenters. The van der Waals surface area contributed by atoms with Gasteiger partial charge in [-0.3, -0.25) is 4.57 Å². The van der Waals surface area contributed by atoms with Gasteiger partial charge in [-0.15, -0.1) is 0 Å². The fourth-order valence-corrected chi connectivity index (χ4v) is 2.43. The Hall–Kier alpha value is -2.40. The van der Waals surface area contributed by atoms with Gasteiger partial charge in [0.1, 0.15) is 11.5 Å². The van der Waals surface area contributed by atoms with Gasteiger partial charge in [-0.1, -0.05) is 11.6 Å². The number of ether oxygens (including phenoxy) is 2. The maximum atomic E-state index is 6.07. The topological polar surface area (TPSA) is 62.3 Å². The average Bonchev–Trinajstić information content (AvgIpc) is 2.81. The van der Waals surface area contributed by atoms with Gasteiger partial charge in [0.05, 0.1) is 30.9 Å². The normalized spacial score (nSPS) is 10.8. The van der Waals surface area contributed by atoms with Crippen molar-refractivity contribution in [3.63, 3.8) is 0 Å². The smallest absolute Gasteiger partial charge is 0.205 e. The summed E-state index contributed by atoms with van der Waals surface area (Å²) in [5.74, 6) is 1.72. The van der Waals surface area contributed by atoms with Crippen LogP contribution in [-0.2, 0) is 0 Å². The molecule has 1 heterocycles. The molecule has 0 fully saturated rings. The van der Waals surface area contributed by atoms with Gasteiger partial charge in [-0.05, 0) is 18.2 Å². The number of halogens is 1. The summed E-state index contributed by atoms with van der Waals surface area (Å²) < 4.78 is 12.4. The van der Waals surface area contributed by atoms with Crippen LogP contribution in [0.15, 0.2) is 36.4 Å². The molecule has 5 nitrogen and oxygen atoms in total. The number of methoxy groups -OCH3 is 2. The second-order valence-electron chi connectivity index (χ2n) is 4.51. The van der Waals surface area contributed by atoms with Crippen molar-refractivity contribution >= 4 is 28.6 Å². The van der Waals surface area contributed by atoms with E-state index in [9.17, 15) is 0 Å². The first kappa shape index (κ1) is 13.6. The molecule has 0 unspecified atom stereocenters. The molecular formula is C15H14ClN3O2. The Bertz CT molecular complexity index is 792. The standard InChI is InChI=1S/C15H14ClN3O2/c1-20-11-6-10(7-12(8-11)21-2)19-14-5-9(16)3-4-13(14)18-15(19)17/h3-8H,1-2H3,(H2,17,18). The van der Waals surface area contributed by atoms with Crippen molar-refractivity contribution in [1.29, 1.82) is 0 Å². The molecule has 0 spiro atoms. The fourth-order valence-electron chi connectivity index (χ4n) is 2.26. The zero-order valence-electron chi connectivity index (χ0n) is 11.6. The average molecular weight is 304 g/mol. The summed E-state index contributed by atoms with van der Waals surface area (Å²) in [5.41, 5.74) is 8.45. The number of nitrogen functional groups attached to an aromatic ring is 1. The molecule has 6 heteroatoms. The molecule has 0 saturated carbocycles. The molecular weight excluding hydrogens is 290 g/mol. The van der Waals surface area contributed by atoms with Crippen molar-refractivity contribution in [3.8, 4) is 17.2 Å². The summed E-state index contributed by atoms with van der Waals surface area (Å²) in [6, 6.07) is 11.0. The molecule has 0 aliphatic rings. The van der Waals surface area contributed by atoms with E-state index < -0.39 is 0 Å². The highest BCUT2D eigenvalue weighted by molar-refractivity contribution is 6.31. The molecule has 0 aliphatic heterocycles. The Balaban J connectivity index is 2.29. The third-order valence-corrected chi connectivity index (χ3v) is 3.47. The second kappa shape index (κ2) is 5.18. The van der Waals surface area contributed by atoms with E-state index in [2.05, 4.69) is 4.98 Å². The van der Waals surface area contributed by atoms with Crippen LogP contribution >= 0.6 is 11.6 Å². The van der Waals surface area contributed by atoms with Crippen LogP contribution < -0.4 is 15.2 Å². The molecule has 0 amide bonds. The van der Waals surface area contributed by atoms with E-state index in [0.29, 0.717) is 22.5 Å². The molecule has 0 saturated heterocycles. The first-order valence-electron chi connectivity index (χ1n) is 6.29. The number of benzene rings is 2. The van der Waals surface area contributed by atoms with E-state index in [-0.39, 0.29) is 0 Å². The highest BCUT2D eigenvalue weighted by Crippen LogP contribution is 2.30. The predicted octanol–water partition coefficient (Wildman–Crippen LogP) is 3.28. The summed E-state index contributed by atoms with van der Waals surface area (Å²) in [5, 5.41) is 0.624. The van der Waals surface area contributed by atoms with Crippen LogP contribution in [-0.4, -0.2) is 23.8 Å². The number of anilines is 1. The van der Waals surface area contributed by atoms with Crippen molar-refractivity contribution in [2.45, 2.75) is 0 Å². The number of imidazole rings is 1. The van der Waals surface area contributed by atoms with E-state index in [1.54, 1.807) is 26.4 Å². The van der Waals surface area contributed by atoms with E-state index in [0.717, 1.165) is 16.7 Å². The van der Waals surface area contributed by atoms with Crippen LogP contribution in [0.3, 0.4) is 0 Å². The molecule has 3 aromatic rings. The van der Waals surface area contributed by atoms with E-state index in [4.69, 9.17) is 26.8 Å². The van der Waals surface area contributed by atoms with Crippen molar-refractivity contribution in [1.82, 2.24) is 9.55 Å². The minimum Gasteiger partial charge on any atom is -0.497 e. The van der Waals surface area contributed by atoms with Gasteiger partial charge >= 0.3 is 0 Å². The SMILES string of the molecule is COc1cc(OC)cc(-n2c(N)nc3ccc(Cl)cc32)c1. The van der Waals surface area contributed by atoms with Crippen molar-refractivity contribution in [3.05, 3.63) is 41.4 Å². The second-order valence-corrected chi connectivity index (χ2v) is 4.95. The first-order chi connectivity index (χ1) is 10.1. The molecule has 0 radical (unpaired) electrons. The summed E-state index contributed by atoms with van der Waals surface area (Å²) in [4.78, 5) is 4.34. The van der Waals surface area contributed by atoms with Crippen LogP contribution in [0, 0.1) is 0 Å². The van der Waals surface area contributed by atoms with Gasteiger partial charge in [0.15, 0.2) is 0 Å². The fraction of sp³-hybridized carbons (Fsp3) is 0.133. The van der Waals surface area contributed by atoms with Crippen LogP contribution in [0.4, 0.5) is 5.95 Å². The zero-order chi connectivity index (χ0) is 15.0. The first-order valence-corrected chi connectivity index (χ1v) is 6.67. The van der Waals surface area contributed by atoms with Gasteiger partial charge in [0.25, 0.3) is 0 Å². The summed E-state index contributed by atoms with van der Waals surface area (Å²) in [7, 11) is 3.20. The number of aromatic nitrogens is 2. The Morgan fingerprint density at radius 3 is 2.33 bits per heavy atom. The molecule has 3 rings (SSSR count). The van der Waals surface area contributed by atoms with Crippen LogP contribution in [0.2, 0.25) is 5.02 Å². The van der Waals surface area contributed by atoms with Crippen LogP contribution in [0.5, 0.6) is 11.5 Å². The van der Waals surface area contributed by atoms with Crippen molar-refractivity contribution in [2.24, 2.45) is 0 Å². The predicted molar refractivity (Wildman–Crippen MR) is 83.6 cm³/mol. The highest BCUT2D eigenvalue weighted by Gasteiger charge is 2.12. The number of hydrogen-bond acceptors (Lipinski definition) is 4. The minimum absolute atomic E-state index is 0.377. The molecule has 2 aromatic carbocycles. The maximum absolute atomic E-state index is 6.07. The van der Waals surface area contributed by atoms with Gasteiger partial charge in [0.2, 0.25) is 5.95 Å². The van der Waals surface area contributed by atoms with E-state index in [1.165, 1.54) is 0 Å². The van der Waals surface area contributed by atoms with Crippen molar-refractivity contribution in [2.75, 3.05) is 20.0 Å². The van der Waals surface area contributed by atoms with Crippen molar-refractivity contribution < 1.29 is 9.47 Å². The van der Waals surface area contributed by atoms with E-state index >= 15 is 0 Å². The largest absolute Gasteiger partial charge is 0.497 e. The lowest BCUT2D eigenvalue weighted by Crippen LogP contribution is -2.01. The summed E-state index contributed by atoms with van der Waals surface area (Å²) >= 11 is 6.07. The highest BCUT2D eigenvalue weighted by atomic mass is 35.5. The lowest BCUT2D eigenvalue weighted by molar-refractivity contribution is 0.394. The Morgan fingerprint density at radius 1 is 1.05 bits per heavy atom. The van der Waals surface area contributed by atoms with Gasteiger partial charge < -0.3 is 15.2 Å². The Labute approximate surface area is 126 Å². The summed E-state index contributed by atoms with van der Waals surface area (Å²) in [6.45, 7) is 0. The third kappa shape index (κ3) is 2.36. The minimum atomic E-state index is 0.377. The van der Waals surface area contributed by atoms with E-state index in [1.807, 2.05) is 28.8 Å². The van der Waals surface area contributed by atoms with Crippen LogP contribution in [0.1, 0.15) is 0 Å². The number of fused-ring (bicyclic) bond motifs is 1. The quantitative estimate of drug-likeness (QED) is 0.806. The Morgan fingerprint density at radius 2 is 1.71 bits per heavy atom. The number of nitrogens with zero attached hydrogens (tertiary/aromatic N) is 2. The molecule has 2 N–H and O–H groups in total.